The van der Waals surface area contributed by atoms with E-state index in [-0.39, 0.29) is 12.6 Å². The molecule has 0 radical (unpaired) electrons. The quantitative estimate of drug-likeness (QED) is 0.761. The summed E-state index contributed by atoms with van der Waals surface area (Å²) in [4.78, 5) is 4.24. The van der Waals surface area contributed by atoms with E-state index in [0.717, 1.165) is 25.2 Å². The zero-order chi connectivity index (χ0) is 15.0. The zero-order valence-corrected chi connectivity index (χ0v) is 11.9. The highest BCUT2D eigenvalue weighted by atomic mass is 19.4. The monoisotopic (exact) mass is 293 g/mol. The maximum atomic E-state index is 12.1. The Labute approximate surface area is 117 Å². The minimum atomic E-state index is -4.30. The number of aromatic nitrogens is 2. The first-order valence-corrected chi connectivity index (χ1v) is 6.86. The van der Waals surface area contributed by atoms with Crippen LogP contribution in [-0.2, 0) is 11.3 Å². The van der Waals surface area contributed by atoms with Crippen molar-refractivity contribution in [2.45, 2.75) is 45.5 Å². The molecule has 0 saturated carbocycles. The number of hydrogen-bond donors (Lipinski definition) is 1. The lowest BCUT2D eigenvalue weighted by Gasteiger charge is -2.20. The van der Waals surface area contributed by atoms with Crippen LogP contribution in [0.15, 0.2) is 12.4 Å². The van der Waals surface area contributed by atoms with E-state index >= 15 is 0 Å². The lowest BCUT2D eigenvalue weighted by molar-refractivity contribution is -0.175. The van der Waals surface area contributed by atoms with Crippen LogP contribution in [-0.4, -0.2) is 35.5 Å². The van der Waals surface area contributed by atoms with Gasteiger partial charge in [-0.2, -0.15) is 13.2 Å². The highest BCUT2D eigenvalue weighted by Gasteiger charge is 2.28. The Morgan fingerprint density at radius 2 is 2.10 bits per heavy atom. The van der Waals surface area contributed by atoms with Crippen LogP contribution < -0.4 is 5.32 Å². The number of aryl methyl sites for hydroxylation is 1. The SMILES string of the molecule is CCCNC(COCC(F)(F)F)c1nccn1CCC. The molecule has 0 aliphatic carbocycles. The molecule has 0 aromatic carbocycles. The van der Waals surface area contributed by atoms with E-state index in [4.69, 9.17) is 4.74 Å². The minimum Gasteiger partial charge on any atom is -0.370 e. The Hall–Kier alpha value is -1.08. The molecule has 0 aliphatic rings. The van der Waals surface area contributed by atoms with Gasteiger partial charge in [0, 0.05) is 18.9 Å². The maximum absolute atomic E-state index is 12.1. The fourth-order valence-electron chi connectivity index (χ4n) is 1.90. The molecule has 116 valence electrons. The number of rotatable bonds is 9. The Morgan fingerprint density at radius 1 is 1.35 bits per heavy atom. The van der Waals surface area contributed by atoms with Gasteiger partial charge in [0.05, 0.1) is 12.6 Å². The van der Waals surface area contributed by atoms with Crippen molar-refractivity contribution in [2.24, 2.45) is 0 Å². The molecule has 1 unspecified atom stereocenters. The summed E-state index contributed by atoms with van der Waals surface area (Å²) >= 11 is 0. The fraction of sp³-hybridized carbons (Fsp3) is 0.769. The maximum Gasteiger partial charge on any atom is 0.411 e. The molecule has 1 heterocycles. The second kappa shape index (κ2) is 8.26. The molecule has 0 saturated heterocycles. The van der Waals surface area contributed by atoms with Crippen LogP contribution in [0.3, 0.4) is 0 Å². The average Bonchev–Trinajstić information content (AvgIpc) is 2.81. The molecule has 0 fully saturated rings. The largest absolute Gasteiger partial charge is 0.411 e. The van der Waals surface area contributed by atoms with Gasteiger partial charge < -0.3 is 14.6 Å². The lowest BCUT2D eigenvalue weighted by atomic mass is 10.2. The molecule has 0 amide bonds. The second-order valence-electron chi connectivity index (χ2n) is 4.62. The van der Waals surface area contributed by atoms with E-state index in [1.165, 1.54) is 0 Å². The van der Waals surface area contributed by atoms with Crippen molar-refractivity contribution >= 4 is 0 Å². The van der Waals surface area contributed by atoms with Crippen molar-refractivity contribution in [3.63, 3.8) is 0 Å². The van der Waals surface area contributed by atoms with E-state index in [1.807, 2.05) is 24.6 Å². The summed E-state index contributed by atoms with van der Waals surface area (Å²) < 4.78 is 43.1. The van der Waals surface area contributed by atoms with E-state index in [9.17, 15) is 13.2 Å². The minimum absolute atomic E-state index is 0.0414. The predicted molar refractivity (Wildman–Crippen MR) is 70.4 cm³/mol. The molecule has 1 aromatic heterocycles. The number of nitrogens with one attached hydrogen (secondary N) is 1. The summed E-state index contributed by atoms with van der Waals surface area (Å²) in [5, 5.41) is 3.18. The van der Waals surface area contributed by atoms with Gasteiger partial charge in [0.2, 0.25) is 0 Å². The van der Waals surface area contributed by atoms with Crippen LogP contribution in [0.4, 0.5) is 13.2 Å². The van der Waals surface area contributed by atoms with Crippen molar-refractivity contribution in [3.8, 4) is 0 Å². The third kappa shape index (κ3) is 5.92. The van der Waals surface area contributed by atoms with E-state index in [2.05, 4.69) is 10.3 Å². The van der Waals surface area contributed by atoms with Gasteiger partial charge in [-0.3, -0.25) is 0 Å². The standard InChI is InChI=1S/C13H22F3N3O/c1-3-5-17-11(9-20-10-13(14,15)16)12-18-6-8-19(12)7-4-2/h6,8,11,17H,3-5,7,9-10H2,1-2H3. The van der Waals surface area contributed by atoms with Gasteiger partial charge in [0.15, 0.2) is 0 Å². The van der Waals surface area contributed by atoms with Crippen LogP contribution in [0.5, 0.6) is 0 Å². The molecule has 0 bridgehead atoms. The summed E-state index contributed by atoms with van der Waals surface area (Å²) in [6.07, 6.45) is 1.03. The summed E-state index contributed by atoms with van der Waals surface area (Å²) in [7, 11) is 0. The number of imidazole rings is 1. The highest BCUT2D eigenvalue weighted by molar-refractivity contribution is 4.99. The van der Waals surface area contributed by atoms with Gasteiger partial charge in [-0.1, -0.05) is 13.8 Å². The molecule has 4 nitrogen and oxygen atoms in total. The molecule has 1 atom stereocenters. The number of nitrogens with zero attached hydrogens (tertiary/aromatic N) is 2. The van der Waals surface area contributed by atoms with Gasteiger partial charge in [-0.15, -0.1) is 0 Å². The first-order chi connectivity index (χ1) is 9.48. The summed E-state index contributed by atoms with van der Waals surface area (Å²) in [5.41, 5.74) is 0. The Balaban J connectivity index is 2.65. The van der Waals surface area contributed by atoms with E-state index in [0.29, 0.717) is 6.54 Å². The molecule has 1 rings (SSSR count). The first-order valence-electron chi connectivity index (χ1n) is 6.86. The van der Waals surface area contributed by atoms with Gasteiger partial charge in [0.25, 0.3) is 0 Å². The molecular weight excluding hydrogens is 271 g/mol. The predicted octanol–water partition coefficient (Wildman–Crippen LogP) is 2.91. The zero-order valence-electron chi connectivity index (χ0n) is 11.9. The first kappa shape index (κ1) is 17.0. The smallest absolute Gasteiger partial charge is 0.370 e. The van der Waals surface area contributed by atoms with E-state index in [1.54, 1.807) is 6.20 Å². The third-order valence-electron chi connectivity index (χ3n) is 2.71. The molecule has 20 heavy (non-hydrogen) atoms. The van der Waals surface area contributed by atoms with E-state index < -0.39 is 12.8 Å². The summed E-state index contributed by atoms with van der Waals surface area (Å²) in [6, 6.07) is -0.321. The van der Waals surface area contributed by atoms with Crippen molar-refractivity contribution in [1.82, 2.24) is 14.9 Å². The average molecular weight is 293 g/mol. The normalized spacial score (nSPS) is 13.7. The van der Waals surface area contributed by atoms with Gasteiger partial charge in [0.1, 0.15) is 12.4 Å². The summed E-state index contributed by atoms with van der Waals surface area (Å²) in [5.74, 6) is 0.725. The van der Waals surface area contributed by atoms with Gasteiger partial charge in [-0.05, 0) is 19.4 Å². The molecule has 0 aliphatic heterocycles. The molecule has 7 heteroatoms. The number of halogens is 3. The van der Waals surface area contributed by atoms with Crippen LogP contribution in [0, 0.1) is 0 Å². The van der Waals surface area contributed by atoms with Crippen LogP contribution in [0.25, 0.3) is 0 Å². The van der Waals surface area contributed by atoms with Crippen molar-refractivity contribution in [2.75, 3.05) is 19.8 Å². The second-order valence-corrected chi connectivity index (χ2v) is 4.62. The Bertz CT molecular complexity index is 379. The van der Waals surface area contributed by atoms with Gasteiger partial charge in [-0.25, -0.2) is 4.98 Å². The van der Waals surface area contributed by atoms with Crippen molar-refractivity contribution in [3.05, 3.63) is 18.2 Å². The van der Waals surface area contributed by atoms with Crippen LogP contribution in [0.2, 0.25) is 0 Å². The van der Waals surface area contributed by atoms with Gasteiger partial charge >= 0.3 is 6.18 Å². The number of alkyl halides is 3. The molecular formula is C13H22F3N3O. The highest BCUT2D eigenvalue weighted by Crippen LogP contribution is 2.17. The summed E-state index contributed by atoms with van der Waals surface area (Å²) in [6.45, 7) is 4.27. The third-order valence-corrected chi connectivity index (χ3v) is 2.71. The van der Waals surface area contributed by atoms with Crippen molar-refractivity contribution in [1.29, 1.82) is 0 Å². The molecule has 0 spiro atoms. The molecule has 1 aromatic rings. The van der Waals surface area contributed by atoms with Crippen LogP contribution in [0.1, 0.15) is 38.6 Å². The topological polar surface area (TPSA) is 39.1 Å². The fourth-order valence-corrected chi connectivity index (χ4v) is 1.90. The Kier molecular flexibility index (Phi) is 7.01. The van der Waals surface area contributed by atoms with Crippen molar-refractivity contribution < 1.29 is 17.9 Å². The Morgan fingerprint density at radius 3 is 2.70 bits per heavy atom. The number of hydrogen-bond acceptors (Lipinski definition) is 3. The lowest BCUT2D eigenvalue weighted by Crippen LogP contribution is -2.30. The van der Waals surface area contributed by atoms with Crippen LogP contribution >= 0.6 is 0 Å². The molecule has 1 N–H and O–H groups in total. The number of ether oxygens (including phenoxy) is 1.